The number of aromatic amines is 1. The number of H-pyrrole nitrogens is 1. The number of nitrogens with one attached hydrogen (secondary N) is 2. The largest absolute Gasteiger partial charge is 0.481 e. The standard InChI is InChI=1S/C29H36N4O5S/c30-10-4-3-7-26(27(35)15-23(17-39)29(37)38)33-28(36)22(13-24-16-31-18-32-24)14-25(34)12-19-8-9-20-5-1-2-6-21(20)11-19/h1-2,5-6,8-9,11,16,18,22-23,26,39H,3-4,7,10,12-15,17,30H2,(H,31,32)(H,33,36)(H,37,38)/t22?,23?,26-/m0/s1. The molecule has 0 bridgehead atoms. The fourth-order valence-electron chi connectivity index (χ4n) is 4.55. The summed E-state index contributed by atoms with van der Waals surface area (Å²) < 4.78 is 0. The van der Waals surface area contributed by atoms with E-state index >= 15 is 0 Å². The number of unbranched alkanes of at least 4 members (excludes halogenated alkanes) is 1. The molecule has 1 aromatic heterocycles. The molecular formula is C29H36N4O5S. The van der Waals surface area contributed by atoms with Gasteiger partial charge in [-0.15, -0.1) is 0 Å². The number of benzene rings is 2. The first-order valence-electron chi connectivity index (χ1n) is 13.1. The van der Waals surface area contributed by atoms with Crippen LogP contribution in [-0.4, -0.2) is 56.9 Å². The van der Waals surface area contributed by atoms with Gasteiger partial charge in [-0.2, -0.15) is 12.6 Å². The number of Topliss-reactive ketones (excluding diaryl/α,β-unsaturated/α-hetero) is 2. The molecule has 0 saturated carbocycles. The van der Waals surface area contributed by atoms with Gasteiger partial charge in [0, 0.05) is 43.3 Å². The average Bonchev–Trinajstić information content (AvgIpc) is 3.43. The number of aliphatic carboxylic acids is 1. The van der Waals surface area contributed by atoms with E-state index in [2.05, 4.69) is 27.9 Å². The maximum atomic E-state index is 13.5. The molecule has 0 aliphatic rings. The van der Waals surface area contributed by atoms with Crippen LogP contribution in [0.15, 0.2) is 55.0 Å². The van der Waals surface area contributed by atoms with Gasteiger partial charge in [0.2, 0.25) is 5.91 Å². The lowest BCUT2D eigenvalue weighted by molar-refractivity contribution is -0.143. The summed E-state index contributed by atoms with van der Waals surface area (Å²) in [5.74, 6) is -3.68. The Balaban J connectivity index is 1.73. The lowest BCUT2D eigenvalue weighted by Gasteiger charge is -2.23. The van der Waals surface area contributed by atoms with E-state index in [4.69, 9.17) is 5.73 Å². The van der Waals surface area contributed by atoms with Crippen molar-refractivity contribution < 1.29 is 24.3 Å². The summed E-state index contributed by atoms with van der Waals surface area (Å²) in [6.45, 7) is 0.439. The second-order valence-corrected chi connectivity index (χ2v) is 10.2. The molecule has 0 aliphatic carbocycles. The molecule has 0 aliphatic heterocycles. The molecule has 3 atom stereocenters. The van der Waals surface area contributed by atoms with Gasteiger partial charge in [-0.1, -0.05) is 42.5 Å². The fourth-order valence-corrected chi connectivity index (χ4v) is 4.84. The van der Waals surface area contributed by atoms with Gasteiger partial charge in [0.25, 0.3) is 0 Å². The van der Waals surface area contributed by atoms with Crippen LogP contribution in [0.5, 0.6) is 0 Å². The molecule has 0 fully saturated rings. The Morgan fingerprint density at radius 1 is 1.03 bits per heavy atom. The van der Waals surface area contributed by atoms with Gasteiger partial charge in [-0.05, 0) is 42.1 Å². The Bertz CT molecular complexity index is 1260. The number of nitrogens with two attached hydrogens (primary N) is 1. The van der Waals surface area contributed by atoms with Crippen molar-refractivity contribution in [2.75, 3.05) is 12.3 Å². The molecule has 2 unspecified atom stereocenters. The smallest absolute Gasteiger partial charge is 0.307 e. The second-order valence-electron chi connectivity index (χ2n) is 9.81. The maximum absolute atomic E-state index is 13.5. The van der Waals surface area contributed by atoms with Crippen LogP contribution >= 0.6 is 12.6 Å². The first-order chi connectivity index (χ1) is 18.8. The summed E-state index contributed by atoms with van der Waals surface area (Å²) in [4.78, 5) is 58.0. The van der Waals surface area contributed by atoms with E-state index in [1.807, 2.05) is 42.5 Å². The first-order valence-corrected chi connectivity index (χ1v) is 13.8. The molecule has 1 heterocycles. The fraction of sp³-hybridized carbons (Fsp3) is 0.414. The third kappa shape index (κ3) is 9.33. The highest BCUT2D eigenvalue weighted by Gasteiger charge is 2.30. The molecule has 10 heteroatoms. The zero-order chi connectivity index (χ0) is 28.2. The Hall–Kier alpha value is -3.50. The van der Waals surface area contributed by atoms with E-state index in [1.54, 1.807) is 6.20 Å². The van der Waals surface area contributed by atoms with Crippen molar-refractivity contribution in [1.82, 2.24) is 15.3 Å². The molecule has 9 nitrogen and oxygen atoms in total. The van der Waals surface area contributed by atoms with Crippen LogP contribution < -0.4 is 11.1 Å². The quantitative estimate of drug-likeness (QED) is 0.127. The first kappa shape index (κ1) is 30.0. The summed E-state index contributed by atoms with van der Waals surface area (Å²) in [5.41, 5.74) is 7.16. The number of carbonyl (C=O) groups is 4. The summed E-state index contributed by atoms with van der Waals surface area (Å²) in [6, 6.07) is 12.9. The van der Waals surface area contributed by atoms with E-state index < -0.39 is 29.8 Å². The highest BCUT2D eigenvalue weighted by molar-refractivity contribution is 7.80. The zero-order valence-electron chi connectivity index (χ0n) is 21.8. The molecule has 0 spiro atoms. The third-order valence-corrected chi connectivity index (χ3v) is 7.19. The lowest BCUT2D eigenvalue weighted by Crippen LogP contribution is -2.45. The number of fused-ring (bicyclic) bond motifs is 1. The van der Waals surface area contributed by atoms with Gasteiger partial charge in [-0.3, -0.25) is 19.2 Å². The van der Waals surface area contributed by atoms with Crippen molar-refractivity contribution in [2.45, 2.75) is 51.0 Å². The number of carbonyl (C=O) groups excluding carboxylic acids is 3. The van der Waals surface area contributed by atoms with Crippen molar-refractivity contribution in [1.29, 1.82) is 0 Å². The van der Waals surface area contributed by atoms with Gasteiger partial charge in [0.15, 0.2) is 5.78 Å². The van der Waals surface area contributed by atoms with E-state index in [1.165, 1.54) is 6.33 Å². The van der Waals surface area contributed by atoms with Crippen LogP contribution in [0.2, 0.25) is 0 Å². The minimum absolute atomic E-state index is 0.0102. The normalized spacial score (nSPS) is 13.5. The van der Waals surface area contributed by atoms with Crippen molar-refractivity contribution in [2.24, 2.45) is 17.6 Å². The van der Waals surface area contributed by atoms with Gasteiger partial charge >= 0.3 is 5.97 Å². The lowest BCUT2D eigenvalue weighted by atomic mass is 9.91. The molecule has 5 N–H and O–H groups in total. The molecule has 3 aromatic rings. The average molecular weight is 553 g/mol. The topological polar surface area (TPSA) is 155 Å². The van der Waals surface area contributed by atoms with Gasteiger partial charge in [-0.25, -0.2) is 4.98 Å². The number of carboxylic acids is 1. The molecule has 39 heavy (non-hydrogen) atoms. The number of aromatic nitrogens is 2. The number of carboxylic acid groups (broad SMARTS) is 1. The predicted octanol–water partition coefficient (Wildman–Crippen LogP) is 3.13. The van der Waals surface area contributed by atoms with Crippen LogP contribution in [0.3, 0.4) is 0 Å². The van der Waals surface area contributed by atoms with Gasteiger partial charge in [0.1, 0.15) is 5.78 Å². The zero-order valence-corrected chi connectivity index (χ0v) is 22.7. The Morgan fingerprint density at radius 2 is 1.79 bits per heavy atom. The highest BCUT2D eigenvalue weighted by Crippen LogP contribution is 2.19. The SMILES string of the molecule is NCCCC[C@H](NC(=O)C(CC(=O)Cc1ccc2ccccc2c1)Cc1cnc[nH]1)C(=O)CC(CS)C(=O)O. The van der Waals surface area contributed by atoms with Crippen LogP contribution in [0.4, 0.5) is 0 Å². The monoisotopic (exact) mass is 552 g/mol. The van der Waals surface area contributed by atoms with Crippen LogP contribution in [0.25, 0.3) is 10.8 Å². The van der Waals surface area contributed by atoms with Crippen LogP contribution in [0.1, 0.15) is 43.4 Å². The van der Waals surface area contributed by atoms with Gasteiger partial charge < -0.3 is 21.1 Å². The van der Waals surface area contributed by atoms with E-state index in [9.17, 15) is 24.3 Å². The number of nitrogens with zero attached hydrogens (tertiary/aromatic N) is 1. The molecule has 208 valence electrons. The molecule has 2 aromatic carbocycles. The van der Waals surface area contributed by atoms with Crippen LogP contribution in [0, 0.1) is 11.8 Å². The number of thiol groups is 1. The summed E-state index contributed by atoms with van der Waals surface area (Å²) in [7, 11) is 0. The minimum atomic E-state index is -1.11. The van der Waals surface area contributed by atoms with Crippen molar-refractivity contribution in [3.63, 3.8) is 0 Å². The minimum Gasteiger partial charge on any atom is -0.481 e. The van der Waals surface area contributed by atoms with Crippen molar-refractivity contribution in [3.05, 3.63) is 66.2 Å². The van der Waals surface area contributed by atoms with E-state index in [0.717, 1.165) is 16.3 Å². The summed E-state index contributed by atoms with van der Waals surface area (Å²) >= 11 is 4.05. The Morgan fingerprint density at radius 3 is 2.46 bits per heavy atom. The van der Waals surface area contributed by atoms with Crippen LogP contribution in [-0.2, 0) is 32.0 Å². The Kier molecular flexibility index (Phi) is 11.7. The van der Waals surface area contributed by atoms with Crippen molar-refractivity contribution >= 4 is 46.8 Å². The predicted molar refractivity (Wildman–Crippen MR) is 152 cm³/mol. The summed E-state index contributed by atoms with van der Waals surface area (Å²) in [5, 5.41) is 14.3. The molecule has 0 saturated heterocycles. The number of hydrogen-bond acceptors (Lipinski definition) is 7. The number of amides is 1. The summed E-state index contributed by atoms with van der Waals surface area (Å²) in [6.07, 6.45) is 4.86. The molecule has 1 amide bonds. The third-order valence-electron chi connectivity index (χ3n) is 6.75. The highest BCUT2D eigenvalue weighted by atomic mass is 32.1. The van der Waals surface area contributed by atoms with Gasteiger partial charge in [0.05, 0.1) is 24.2 Å². The van der Waals surface area contributed by atoms with Crippen molar-refractivity contribution in [3.8, 4) is 0 Å². The molecule has 3 rings (SSSR count). The molecule has 0 radical (unpaired) electrons. The number of rotatable bonds is 17. The Labute approximate surface area is 233 Å². The number of ketones is 2. The number of imidazole rings is 1. The second kappa shape index (κ2) is 15.2. The number of hydrogen-bond donors (Lipinski definition) is 5. The maximum Gasteiger partial charge on any atom is 0.307 e. The van der Waals surface area contributed by atoms with E-state index in [0.29, 0.717) is 31.5 Å². The molecular weight excluding hydrogens is 516 g/mol. The van der Waals surface area contributed by atoms with E-state index in [-0.39, 0.29) is 43.0 Å².